The molecule has 0 aliphatic heterocycles. The third kappa shape index (κ3) is 6.25. The zero-order chi connectivity index (χ0) is 8.69. The van der Waals surface area contributed by atoms with Crippen LogP contribution in [0.2, 0.25) is 0 Å². The highest BCUT2D eigenvalue weighted by atomic mass is 14.7. The highest BCUT2D eigenvalue weighted by molar-refractivity contribution is 4.70. The summed E-state index contributed by atoms with van der Waals surface area (Å²) in [6.07, 6.45) is 2.52. The molecule has 0 aromatic carbocycles. The van der Waals surface area contributed by atoms with Gasteiger partial charge < -0.3 is 22.9 Å². The van der Waals surface area contributed by atoms with Crippen molar-refractivity contribution in [2.45, 2.75) is 31.3 Å². The molecule has 0 bridgehead atoms. The van der Waals surface area contributed by atoms with Gasteiger partial charge in [-0.15, -0.1) is 0 Å². The van der Waals surface area contributed by atoms with E-state index in [2.05, 4.69) is 0 Å². The first-order valence-electron chi connectivity index (χ1n) is 4.12. The minimum Gasteiger partial charge on any atom is -0.330 e. The Labute approximate surface area is 68.3 Å². The molecule has 0 aromatic rings. The summed E-state index contributed by atoms with van der Waals surface area (Å²) in [5.41, 5.74) is 22.1. The molecule has 0 saturated carbocycles. The van der Waals surface area contributed by atoms with Crippen LogP contribution in [-0.4, -0.2) is 25.2 Å². The predicted octanol–water partition coefficient (Wildman–Crippen LogP) is -1.27. The summed E-state index contributed by atoms with van der Waals surface area (Å²) in [7, 11) is 0. The summed E-state index contributed by atoms with van der Waals surface area (Å²) >= 11 is 0. The van der Waals surface area contributed by atoms with E-state index in [1.807, 2.05) is 0 Å². The molecule has 0 heterocycles. The average molecular weight is 160 g/mol. The SMILES string of the molecule is NCCC(N)C[C@H](N)CCN. The summed E-state index contributed by atoms with van der Waals surface area (Å²) in [5, 5.41) is 0. The van der Waals surface area contributed by atoms with Gasteiger partial charge in [0.2, 0.25) is 0 Å². The van der Waals surface area contributed by atoms with E-state index in [0.29, 0.717) is 13.1 Å². The molecule has 0 aliphatic rings. The van der Waals surface area contributed by atoms with E-state index in [1.54, 1.807) is 0 Å². The Morgan fingerprint density at radius 2 is 1.18 bits per heavy atom. The van der Waals surface area contributed by atoms with Crippen LogP contribution in [0.1, 0.15) is 19.3 Å². The number of rotatable bonds is 6. The fourth-order valence-corrected chi connectivity index (χ4v) is 1.05. The predicted molar refractivity (Wildman–Crippen MR) is 47.9 cm³/mol. The molecule has 0 saturated heterocycles. The lowest BCUT2D eigenvalue weighted by Crippen LogP contribution is -2.34. The molecule has 11 heavy (non-hydrogen) atoms. The normalized spacial score (nSPS) is 16.4. The van der Waals surface area contributed by atoms with Gasteiger partial charge in [-0.25, -0.2) is 0 Å². The second-order valence-electron chi connectivity index (χ2n) is 2.91. The van der Waals surface area contributed by atoms with Gasteiger partial charge in [-0.05, 0) is 32.4 Å². The molecule has 0 rings (SSSR count). The van der Waals surface area contributed by atoms with Crippen LogP contribution >= 0.6 is 0 Å². The molecular weight excluding hydrogens is 140 g/mol. The Morgan fingerprint density at radius 1 is 0.818 bits per heavy atom. The number of hydrogen-bond donors (Lipinski definition) is 4. The fraction of sp³-hybridized carbons (Fsp3) is 1.00. The molecule has 68 valence electrons. The fourth-order valence-electron chi connectivity index (χ4n) is 1.05. The van der Waals surface area contributed by atoms with Crippen molar-refractivity contribution < 1.29 is 0 Å². The standard InChI is InChI=1S/C7H20N4/c8-3-1-6(10)5-7(11)2-4-9/h6-7H,1-5,8-11H2/t6-,7?/m1/s1. The lowest BCUT2D eigenvalue weighted by molar-refractivity contribution is 0.484. The Bertz CT molecular complexity index is 76.5. The quantitative estimate of drug-likeness (QED) is 0.389. The van der Waals surface area contributed by atoms with Crippen LogP contribution in [0.3, 0.4) is 0 Å². The molecule has 0 fully saturated rings. The first-order chi connectivity index (χ1) is 5.20. The van der Waals surface area contributed by atoms with Crippen molar-refractivity contribution in [2.24, 2.45) is 22.9 Å². The molecule has 0 spiro atoms. The largest absolute Gasteiger partial charge is 0.330 e. The second kappa shape index (κ2) is 6.54. The van der Waals surface area contributed by atoms with Crippen LogP contribution in [-0.2, 0) is 0 Å². The van der Waals surface area contributed by atoms with Crippen LogP contribution in [0.5, 0.6) is 0 Å². The van der Waals surface area contributed by atoms with E-state index in [1.165, 1.54) is 0 Å². The second-order valence-corrected chi connectivity index (χ2v) is 2.91. The lowest BCUT2D eigenvalue weighted by atomic mass is 10.0. The first-order valence-corrected chi connectivity index (χ1v) is 4.12. The number of hydrogen-bond acceptors (Lipinski definition) is 4. The summed E-state index contributed by atoms with van der Waals surface area (Å²) < 4.78 is 0. The third-order valence-corrected chi connectivity index (χ3v) is 1.68. The Kier molecular flexibility index (Phi) is 6.45. The number of nitrogens with two attached hydrogens (primary N) is 4. The molecular formula is C7H20N4. The minimum atomic E-state index is 0.140. The molecule has 1 unspecified atom stereocenters. The maximum Gasteiger partial charge on any atom is 0.00655 e. The Morgan fingerprint density at radius 3 is 1.45 bits per heavy atom. The van der Waals surface area contributed by atoms with Crippen molar-refractivity contribution in [3.63, 3.8) is 0 Å². The zero-order valence-electron chi connectivity index (χ0n) is 7.00. The van der Waals surface area contributed by atoms with E-state index in [-0.39, 0.29) is 12.1 Å². The van der Waals surface area contributed by atoms with Crippen LogP contribution in [0, 0.1) is 0 Å². The molecule has 0 aromatic heterocycles. The van der Waals surface area contributed by atoms with Crippen LogP contribution < -0.4 is 22.9 Å². The molecule has 0 aliphatic carbocycles. The average Bonchev–Trinajstić information content (AvgIpc) is 1.87. The molecule has 2 atom stereocenters. The maximum absolute atomic E-state index is 5.71. The van der Waals surface area contributed by atoms with Crippen molar-refractivity contribution in [3.8, 4) is 0 Å². The first kappa shape index (κ1) is 10.8. The molecule has 4 heteroatoms. The van der Waals surface area contributed by atoms with Gasteiger partial charge in [-0.1, -0.05) is 0 Å². The minimum absolute atomic E-state index is 0.140. The monoisotopic (exact) mass is 160 g/mol. The highest BCUT2D eigenvalue weighted by Crippen LogP contribution is 1.99. The molecule has 8 N–H and O–H groups in total. The van der Waals surface area contributed by atoms with Gasteiger partial charge in [0.05, 0.1) is 0 Å². The lowest BCUT2D eigenvalue weighted by Gasteiger charge is -2.15. The smallest absolute Gasteiger partial charge is 0.00655 e. The zero-order valence-corrected chi connectivity index (χ0v) is 7.00. The van der Waals surface area contributed by atoms with Gasteiger partial charge in [0.1, 0.15) is 0 Å². The van der Waals surface area contributed by atoms with Crippen LogP contribution in [0.15, 0.2) is 0 Å². The van der Waals surface area contributed by atoms with Gasteiger partial charge in [0.15, 0.2) is 0 Å². The van der Waals surface area contributed by atoms with E-state index < -0.39 is 0 Å². The summed E-state index contributed by atoms with van der Waals surface area (Å²) in [5.74, 6) is 0. The van der Waals surface area contributed by atoms with Crippen molar-refractivity contribution >= 4 is 0 Å². The Hall–Kier alpha value is -0.160. The molecule has 0 amide bonds. The van der Waals surface area contributed by atoms with Crippen molar-refractivity contribution in [2.75, 3.05) is 13.1 Å². The van der Waals surface area contributed by atoms with Crippen LogP contribution in [0.4, 0.5) is 0 Å². The van der Waals surface area contributed by atoms with E-state index >= 15 is 0 Å². The van der Waals surface area contributed by atoms with E-state index in [9.17, 15) is 0 Å². The van der Waals surface area contributed by atoms with Gasteiger partial charge in [-0.3, -0.25) is 0 Å². The third-order valence-electron chi connectivity index (χ3n) is 1.68. The summed E-state index contributed by atoms with van der Waals surface area (Å²) in [6.45, 7) is 1.27. The highest BCUT2D eigenvalue weighted by Gasteiger charge is 2.07. The molecule has 4 nitrogen and oxygen atoms in total. The van der Waals surface area contributed by atoms with Gasteiger partial charge in [0.25, 0.3) is 0 Å². The summed E-state index contributed by atoms with van der Waals surface area (Å²) in [4.78, 5) is 0. The van der Waals surface area contributed by atoms with Crippen molar-refractivity contribution in [3.05, 3.63) is 0 Å². The van der Waals surface area contributed by atoms with Crippen molar-refractivity contribution in [1.29, 1.82) is 0 Å². The van der Waals surface area contributed by atoms with Crippen LogP contribution in [0.25, 0.3) is 0 Å². The maximum atomic E-state index is 5.71. The van der Waals surface area contributed by atoms with Gasteiger partial charge in [0, 0.05) is 12.1 Å². The molecule has 0 radical (unpaired) electrons. The van der Waals surface area contributed by atoms with E-state index in [4.69, 9.17) is 22.9 Å². The topological polar surface area (TPSA) is 104 Å². The van der Waals surface area contributed by atoms with Gasteiger partial charge in [-0.2, -0.15) is 0 Å². The van der Waals surface area contributed by atoms with E-state index in [0.717, 1.165) is 19.3 Å². The van der Waals surface area contributed by atoms with Gasteiger partial charge >= 0.3 is 0 Å². The van der Waals surface area contributed by atoms with Crippen molar-refractivity contribution in [1.82, 2.24) is 0 Å². The summed E-state index contributed by atoms with van der Waals surface area (Å²) in [6, 6.07) is 0.281. The Balaban J connectivity index is 3.32.